The third-order valence-electron chi connectivity index (χ3n) is 2.97. The molecular weight excluding hydrogens is 246 g/mol. The lowest BCUT2D eigenvalue weighted by Gasteiger charge is -2.18. The van der Waals surface area contributed by atoms with Crippen LogP contribution in [0, 0.1) is 0 Å². The van der Waals surface area contributed by atoms with E-state index in [2.05, 4.69) is 0 Å². The molecule has 1 aliphatic rings. The van der Waals surface area contributed by atoms with Gasteiger partial charge in [-0.1, -0.05) is 24.3 Å². The first-order chi connectivity index (χ1) is 8.84. The SMILES string of the molecule is O=C(c1cccs1)N1CCOc2ccccc2C1. The highest BCUT2D eigenvalue weighted by Crippen LogP contribution is 2.24. The molecule has 0 fully saturated rings. The molecule has 0 bridgehead atoms. The fourth-order valence-electron chi connectivity index (χ4n) is 2.06. The van der Waals surface area contributed by atoms with Gasteiger partial charge in [-0.15, -0.1) is 11.3 Å². The Balaban J connectivity index is 1.85. The number of benzene rings is 1. The second-order valence-corrected chi connectivity index (χ2v) is 5.11. The van der Waals surface area contributed by atoms with Gasteiger partial charge in [0.05, 0.1) is 11.4 Å². The number of rotatable bonds is 1. The second-order valence-electron chi connectivity index (χ2n) is 4.16. The Bertz CT molecular complexity index is 551. The van der Waals surface area contributed by atoms with E-state index in [4.69, 9.17) is 4.74 Å². The summed E-state index contributed by atoms with van der Waals surface area (Å²) in [5.41, 5.74) is 1.07. The monoisotopic (exact) mass is 259 g/mol. The molecule has 4 heteroatoms. The maximum absolute atomic E-state index is 12.3. The molecule has 0 unspecified atom stereocenters. The highest BCUT2D eigenvalue weighted by Gasteiger charge is 2.21. The van der Waals surface area contributed by atoms with Crippen molar-refractivity contribution in [3.63, 3.8) is 0 Å². The summed E-state index contributed by atoms with van der Waals surface area (Å²) in [7, 11) is 0. The van der Waals surface area contributed by atoms with Gasteiger partial charge in [0.2, 0.25) is 0 Å². The minimum Gasteiger partial charge on any atom is -0.491 e. The number of fused-ring (bicyclic) bond motifs is 1. The molecule has 2 aromatic rings. The van der Waals surface area contributed by atoms with Crippen LogP contribution in [0.25, 0.3) is 0 Å². The second kappa shape index (κ2) is 4.82. The van der Waals surface area contributed by atoms with Crippen molar-refractivity contribution in [1.82, 2.24) is 4.90 Å². The molecule has 3 rings (SSSR count). The van der Waals surface area contributed by atoms with Crippen LogP contribution in [0.4, 0.5) is 0 Å². The van der Waals surface area contributed by atoms with Crippen LogP contribution in [0.2, 0.25) is 0 Å². The molecule has 0 aliphatic carbocycles. The Hall–Kier alpha value is -1.81. The Morgan fingerprint density at radius 1 is 1.22 bits per heavy atom. The first kappa shape index (κ1) is 11.3. The van der Waals surface area contributed by atoms with Crippen LogP contribution in [0.3, 0.4) is 0 Å². The number of amides is 1. The van der Waals surface area contributed by atoms with Gasteiger partial charge >= 0.3 is 0 Å². The summed E-state index contributed by atoms with van der Waals surface area (Å²) in [6.45, 7) is 1.80. The first-order valence-electron chi connectivity index (χ1n) is 5.88. The lowest BCUT2D eigenvalue weighted by atomic mass is 10.2. The molecule has 0 atom stereocenters. The van der Waals surface area contributed by atoms with E-state index in [1.165, 1.54) is 11.3 Å². The van der Waals surface area contributed by atoms with Crippen molar-refractivity contribution < 1.29 is 9.53 Å². The summed E-state index contributed by atoms with van der Waals surface area (Å²) in [6, 6.07) is 11.7. The maximum atomic E-state index is 12.3. The number of hydrogen-bond donors (Lipinski definition) is 0. The van der Waals surface area contributed by atoms with E-state index in [1.807, 2.05) is 46.7 Å². The molecule has 0 spiro atoms. The summed E-state index contributed by atoms with van der Waals surface area (Å²) in [5.74, 6) is 0.976. The summed E-state index contributed by atoms with van der Waals surface area (Å²) >= 11 is 1.48. The van der Waals surface area contributed by atoms with Crippen molar-refractivity contribution in [1.29, 1.82) is 0 Å². The van der Waals surface area contributed by atoms with Crippen molar-refractivity contribution >= 4 is 17.2 Å². The van der Waals surface area contributed by atoms with Crippen LogP contribution in [-0.2, 0) is 6.54 Å². The molecule has 18 heavy (non-hydrogen) atoms. The van der Waals surface area contributed by atoms with Crippen molar-refractivity contribution in [3.8, 4) is 5.75 Å². The van der Waals surface area contributed by atoms with Crippen LogP contribution in [0.15, 0.2) is 41.8 Å². The van der Waals surface area contributed by atoms with Crippen LogP contribution in [0.1, 0.15) is 15.2 Å². The van der Waals surface area contributed by atoms with E-state index >= 15 is 0 Å². The highest BCUT2D eigenvalue weighted by molar-refractivity contribution is 7.12. The number of nitrogens with zero attached hydrogens (tertiary/aromatic N) is 1. The summed E-state index contributed by atoms with van der Waals surface area (Å²) in [6.07, 6.45) is 0. The van der Waals surface area contributed by atoms with Crippen LogP contribution in [-0.4, -0.2) is 24.0 Å². The van der Waals surface area contributed by atoms with E-state index in [0.717, 1.165) is 16.2 Å². The van der Waals surface area contributed by atoms with Gasteiger partial charge in [0.1, 0.15) is 12.4 Å². The number of thiophene rings is 1. The van der Waals surface area contributed by atoms with Gasteiger partial charge in [-0.3, -0.25) is 4.79 Å². The van der Waals surface area contributed by atoms with Crippen LogP contribution in [0.5, 0.6) is 5.75 Å². The molecule has 2 heterocycles. The molecule has 1 aromatic heterocycles. The minimum atomic E-state index is 0.0882. The van der Waals surface area contributed by atoms with E-state index in [-0.39, 0.29) is 5.91 Å². The summed E-state index contributed by atoms with van der Waals surface area (Å²) in [4.78, 5) is 14.9. The van der Waals surface area contributed by atoms with E-state index in [9.17, 15) is 4.79 Å². The number of para-hydroxylation sites is 1. The molecule has 1 aromatic carbocycles. The summed E-state index contributed by atoms with van der Waals surface area (Å²) in [5, 5.41) is 1.93. The Morgan fingerprint density at radius 2 is 2.11 bits per heavy atom. The van der Waals surface area contributed by atoms with E-state index < -0.39 is 0 Å². The molecule has 3 nitrogen and oxygen atoms in total. The highest BCUT2D eigenvalue weighted by atomic mass is 32.1. The molecule has 0 saturated heterocycles. The minimum absolute atomic E-state index is 0.0882. The molecule has 0 saturated carbocycles. The number of hydrogen-bond acceptors (Lipinski definition) is 3. The fourth-order valence-corrected chi connectivity index (χ4v) is 2.75. The topological polar surface area (TPSA) is 29.5 Å². The quantitative estimate of drug-likeness (QED) is 0.788. The Kier molecular flexibility index (Phi) is 3.02. The normalized spacial score (nSPS) is 14.6. The number of carbonyl (C=O) groups excluding carboxylic acids is 1. The van der Waals surface area contributed by atoms with Gasteiger partial charge in [-0.25, -0.2) is 0 Å². The molecule has 0 N–H and O–H groups in total. The lowest BCUT2D eigenvalue weighted by Crippen LogP contribution is -2.31. The molecule has 0 radical (unpaired) electrons. The Morgan fingerprint density at radius 3 is 2.94 bits per heavy atom. The van der Waals surface area contributed by atoms with Gasteiger partial charge in [0.15, 0.2) is 0 Å². The molecule has 1 amide bonds. The Labute approximate surface area is 110 Å². The van der Waals surface area contributed by atoms with Gasteiger partial charge < -0.3 is 9.64 Å². The predicted molar refractivity (Wildman–Crippen MR) is 71.0 cm³/mol. The average Bonchev–Trinajstić information content (AvgIpc) is 2.84. The largest absolute Gasteiger partial charge is 0.491 e. The van der Waals surface area contributed by atoms with Crippen molar-refractivity contribution in [2.75, 3.05) is 13.2 Å². The molecule has 92 valence electrons. The van der Waals surface area contributed by atoms with E-state index in [1.54, 1.807) is 0 Å². The summed E-state index contributed by atoms with van der Waals surface area (Å²) < 4.78 is 5.66. The third-order valence-corrected chi connectivity index (χ3v) is 3.83. The molecular formula is C14H13NO2S. The zero-order valence-electron chi connectivity index (χ0n) is 9.83. The van der Waals surface area contributed by atoms with Gasteiger partial charge in [-0.05, 0) is 17.5 Å². The van der Waals surface area contributed by atoms with Crippen LogP contribution < -0.4 is 4.74 Å². The maximum Gasteiger partial charge on any atom is 0.264 e. The van der Waals surface area contributed by atoms with Crippen molar-refractivity contribution in [2.45, 2.75) is 6.54 Å². The lowest BCUT2D eigenvalue weighted by molar-refractivity contribution is 0.0738. The van der Waals surface area contributed by atoms with Crippen molar-refractivity contribution in [2.24, 2.45) is 0 Å². The number of ether oxygens (including phenoxy) is 1. The first-order valence-corrected chi connectivity index (χ1v) is 6.76. The number of carbonyl (C=O) groups is 1. The van der Waals surface area contributed by atoms with Crippen LogP contribution >= 0.6 is 11.3 Å². The predicted octanol–water partition coefficient (Wildman–Crippen LogP) is 2.78. The third kappa shape index (κ3) is 2.11. The average molecular weight is 259 g/mol. The van der Waals surface area contributed by atoms with Gasteiger partial charge in [-0.2, -0.15) is 0 Å². The molecule has 1 aliphatic heterocycles. The van der Waals surface area contributed by atoms with Gasteiger partial charge in [0, 0.05) is 12.1 Å². The van der Waals surface area contributed by atoms with Gasteiger partial charge in [0.25, 0.3) is 5.91 Å². The van der Waals surface area contributed by atoms with E-state index in [0.29, 0.717) is 19.7 Å². The smallest absolute Gasteiger partial charge is 0.264 e. The standard InChI is InChI=1S/C14H13NO2S/c16-14(13-6-3-9-18-13)15-7-8-17-12-5-2-1-4-11(12)10-15/h1-6,9H,7-8,10H2. The zero-order valence-corrected chi connectivity index (χ0v) is 10.7. The van der Waals surface area contributed by atoms with Crippen molar-refractivity contribution in [3.05, 3.63) is 52.2 Å². The zero-order chi connectivity index (χ0) is 12.4. The fraction of sp³-hybridized carbons (Fsp3) is 0.214.